The van der Waals surface area contributed by atoms with Crippen molar-refractivity contribution < 1.29 is 13.6 Å². The third kappa shape index (κ3) is 3.94. The quantitative estimate of drug-likeness (QED) is 0.694. The van der Waals surface area contributed by atoms with Gasteiger partial charge in [0.15, 0.2) is 0 Å². The van der Waals surface area contributed by atoms with Crippen molar-refractivity contribution in [2.75, 3.05) is 10.6 Å². The zero-order valence-corrected chi connectivity index (χ0v) is 14.3. The molecule has 0 fully saturated rings. The molecule has 2 N–H and O–H groups in total. The molecule has 0 radical (unpaired) electrons. The molecule has 0 spiro atoms. The van der Waals surface area contributed by atoms with E-state index in [9.17, 15) is 13.6 Å². The number of hydrogen-bond acceptors (Lipinski definition) is 4. The summed E-state index contributed by atoms with van der Waals surface area (Å²) < 4.78 is 27.2. The van der Waals surface area contributed by atoms with E-state index in [1.54, 1.807) is 6.07 Å². The Morgan fingerprint density at radius 3 is 2.42 bits per heavy atom. The van der Waals surface area contributed by atoms with Crippen molar-refractivity contribution >= 4 is 34.7 Å². The minimum Gasteiger partial charge on any atom is -0.339 e. The van der Waals surface area contributed by atoms with Crippen LogP contribution in [0.3, 0.4) is 0 Å². The maximum absolute atomic E-state index is 13.6. The smallest absolute Gasteiger partial charge is 0.276 e. The number of anilines is 3. The second-order valence-electron chi connectivity index (χ2n) is 5.43. The molecule has 132 valence electrons. The van der Waals surface area contributed by atoms with Gasteiger partial charge in [-0.2, -0.15) is 0 Å². The van der Waals surface area contributed by atoms with Crippen LogP contribution in [-0.2, 0) is 0 Å². The molecule has 0 aliphatic rings. The Morgan fingerprint density at radius 1 is 1.08 bits per heavy atom. The van der Waals surface area contributed by atoms with Crippen molar-refractivity contribution in [3.8, 4) is 0 Å². The first-order valence-electron chi connectivity index (χ1n) is 7.54. The van der Waals surface area contributed by atoms with E-state index in [-0.39, 0.29) is 5.69 Å². The third-order valence-electron chi connectivity index (χ3n) is 3.53. The lowest BCUT2D eigenvalue weighted by atomic mass is 10.2. The second-order valence-corrected chi connectivity index (χ2v) is 5.83. The van der Waals surface area contributed by atoms with Crippen LogP contribution in [0.1, 0.15) is 16.1 Å². The van der Waals surface area contributed by atoms with Gasteiger partial charge in [0.2, 0.25) is 0 Å². The van der Waals surface area contributed by atoms with Crippen molar-refractivity contribution in [1.29, 1.82) is 0 Å². The zero-order valence-electron chi connectivity index (χ0n) is 13.6. The number of carbonyl (C=O) groups excluding carboxylic acids is 1. The average Bonchev–Trinajstić information content (AvgIpc) is 2.62. The molecule has 0 aliphatic carbocycles. The molecular formula is C18H13ClF2N4O. The van der Waals surface area contributed by atoms with E-state index in [1.807, 2.05) is 19.1 Å². The summed E-state index contributed by atoms with van der Waals surface area (Å²) in [6.07, 6.45) is 2.53. The molecule has 5 nitrogen and oxygen atoms in total. The summed E-state index contributed by atoms with van der Waals surface area (Å²) in [6.45, 7) is 1.89. The highest BCUT2D eigenvalue weighted by Crippen LogP contribution is 2.22. The first-order chi connectivity index (χ1) is 12.4. The van der Waals surface area contributed by atoms with E-state index in [2.05, 4.69) is 20.6 Å². The van der Waals surface area contributed by atoms with Crippen LogP contribution in [0.15, 0.2) is 48.8 Å². The van der Waals surface area contributed by atoms with Gasteiger partial charge in [-0.1, -0.05) is 23.7 Å². The van der Waals surface area contributed by atoms with Gasteiger partial charge in [-0.25, -0.2) is 18.7 Å². The van der Waals surface area contributed by atoms with Crippen molar-refractivity contribution in [3.63, 3.8) is 0 Å². The van der Waals surface area contributed by atoms with Crippen molar-refractivity contribution in [2.45, 2.75) is 6.92 Å². The maximum atomic E-state index is 13.6. The Labute approximate surface area is 153 Å². The standard InChI is InChI=1S/C18H13ClF2N4O/c1-10-5-6-11(7-12(10)19)24-16-9-22-15(8-23-16)18(26)25-17-13(20)3-2-4-14(17)21/h2-9H,1H3,(H,23,24)(H,25,26). The van der Waals surface area contributed by atoms with Crippen molar-refractivity contribution in [1.82, 2.24) is 9.97 Å². The van der Waals surface area contributed by atoms with E-state index in [1.165, 1.54) is 18.5 Å². The SMILES string of the molecule is Cc1ccc(Nc2cnc(C(=O)Nc3c(F)cccc3F)cn2)cc1Cl. The number of carbonyl (C=O) groups is 1. The molecule has 8 heteroatoms. The highest BCUT2D eigenvalue weighted by Gasteiger charge is 2.14. The van der Waals surface area contributed by atoms with Crippen LogP contribution in [-0.4, -0.2) is 15.9 Å². The van der Waals surface area contributed by atoms with Gasteiger partial charge < -0.3 is 10.6 Å². The summed E-state index contributed by atoms with van der Waals surface area (Å²) >= 11 is 6.06. The molecule has 1 amide bonds. The molecule has 0 saturated carbocycles. The topological polar surface area (TPSA) is 66.9 Å². The number of para-hydroxylation sites is 1. The highest BCUT2D eigenvalue weighted by atomic mass is 35.5. The summed E-state index contributed by atoms with van der Waals surface area (Å²) in [5.74, 6) is -2.13. The largest absolute Gasteiger partial charge is 0.339 e. The molecule has 1 aromatic heterocycles. The normalized spacial score (nSPS) is 10.5. The van der Waals surface area contributed by atoms with Gasteiger partial charge >= 0.3 is 0 Å². The van der Waals surface area contributed by atoms with Gasteiger partial charge in [0.1, 0.15) is 28.8 Å². The summed E-state index contributed by atoms with van der Waals surface area (Å²) in [5.41, 5.74) is 1.03. The van der Waals surface area contributed by atoms with E-state index in [0.29, 0.717) is 16.5 Å². The van der Waals surface area contributed by atoms with E-state index < -0.39 is 23.2 Å². The molecule has 0 unspecified atom stereocenters. The molecule has 0 saturated heterocycles. The molecule has 0 aliphatic heterocycles. The van der Waals surface area contributed by atoms with Gasteiger partial charge in [0.25, 0.3) is 5.91 Å². The predicted molar refractivity (Wildman–Crippen MR) is 95.8 cm³/mol. The molecular weight excluding hydrogens is 362 g/mol. The lowest BCUT2D eigenvalue weighted by molar-refractivity contribution is 0.102. The third-order valence-corrected chi connectivity index (χ3v) is 3.94. The molecule has 0 bridgehead atoms. The van der Waals surface area contributed by atoms with Crippen LogP contribution in [0.5, 0.6) is 0 Å². The number of nitrogens with one attached hydrogen (secondary N) is 2. The second kappa shape index (κ2) is 7.45. The Bertz CT molecular complexity index is 944. The molecule has 0 atom stereocenters. The van der Waals surface area contributed by atoms with Crippen molar-refractivity contribution in [2.24, 2.45) is 0 Å². The van der Waals surface area contributed by atoms with Crippen molar-refractivity contribution in [3.05, 3.63) is 76.7 Å². The fourth-order valence-corrected chi connectivity index (χ4v) is 2.30. The fraction of sp³-hybridized carbons (Fsp3) is 0.0556. The van der Waals surface area contributed by atoms with E-state index >= 15 is 0 Å². The van der Waals surface area contributed by atoms with Crippen LogP contribution in [0, 0.1) is 18.6 Å². The lowest BCUT2D eigenvalue weighted by Gasteiger charge is -2.09. The maximum Gasteiger partial charge on any atom is 0.276 e. The first-order valence-corrected chi connectivity index (χ1v) is 7.92. The van der Waals surface area contributed by atoms with Crippen LogP contribution in [0.4, 0.5) is 26.0 Å². The summed E-state index contributed by atoms with van der Waals surface area (Å²) in [5, 5.41) is 5.75. The molecule has 3 rings (SSSR count). The van der Waals surface area contributed by atoms with Crippen LogP contribution < -0.4 is 10.6 Å². The highest BCUT2D eigenvalue weighted by molar-refractivity contribution is 6.31. The predicted octanol–water partition coefficient (Wildman–Crippen LogP) is 4.71. The Hall–Kier alpha value is -3.06. The Morgan fingerprint density at radius 2 is 1.81 bits per heavy atom. The monoisotopic (exact) mass is 374 g/mol. The van der Waals surface area contributed by atoms with Crippen LogP contribution >= 0.6 is 11.6 Å². The number of aryl methyl sites for hydroxylation is 1. The number of rotatable bonds is 4. The summed E-state index contributed by atoms with van der Waals surface area (Å²) in [7, 11) is 0. The lowest BCUT2D eigenvalue weighted by Crippen LogP contribution is -2.16. The number of amides is 1. The average molecular weight is 375 g/mol. The van der Waals surface area contributed by atoms with Crippen LogP contribution in [0.2, 0.25) is 5.02 Å². The molecule has 3 aromatic rings. The van der Waals surface area contributed by atoms with Crippen LogP contribution in [0.25, 0.3) is 0 Å². The van der Waals surface area contributed by atoms with Gasteiger partial charge in [-0.15, -0.1) is 0 Å². The Kier molecular flexibility index (Phi) is 5.09. The molecule has 26 heavy (non-hydrogen) atoms. The van der Waals surface area contributed by atoms with Gasteiger partial charge in [-0.3, -0.25) is 4.79 Å². The van der Waals surface area contributed by atoms with E-state index in [0.717, 1.165) is 17.7 Å². The number of aromatic nitrogens is 2. The minimum atomic E-state index is -0.874. The van der Waals surface area contributed by atoms with E-state index in [4.69, 9.17) is 11.6 Å². The van der Waals surface area contributed by atoms with Gasteiger partial charge in [-0.05, 0) is 36.8 Å². The van der Waals surface area contributed by atoms with Gasteiger partial charge in [0.05, 0.1) is 12.4 Å². The minimum absolute atomic E-state index is 0.0832. The first kappa shape index (κ1) is 17.8. The number of benzene rings is 2. The zero-order chi connectivity index (χ0) is 18.7. The number of hydrogen-bond donors (Lipinski definition) is 2. The van der Waals surface area contributed by atoms with Gasteiger partial charge in [0, 0.05) is 10.7 Å². The fourth-order valence-electron chi connectivity index (χ4n) is 2.12. The number of nitrogens with zero attached hydrogens (tertiary/aromatic N) is 2. The molecule has 1 heterocycles. The molecule has 2 aromatic carbocycles. The summed E-state index contributed by atoms with van der Waals surface area (Å²) in [6, 6.07) is 8.71. The summed E-state index contributed by atoms with van der Waals surface area (Å²) in [4.78, 5) is 20.1. The Balaban J connectivity index is 1.72. The number of halogens is 3.